The molecule has 1 aromatic heterocycles. The number of benzene rings is 4. The number of nitrogens with two attached hydrogens (primary N) is 5. The number of para-hydroxylation sites is 1. The number of hydrogen-bond donors (Lipinski definition) is 16. The Kier molecular flexibility index (Phi) is 39.9. The average Bonchev–Trinajstić information content (AvgIpc) is 1.64. The summed E-state index contributed by atoms with van der Waals surface area (Å²) in [6.07, 6.45) is 2.21. The Morgan fingerprint density at radius 3 is 1.45 bits per heavy atom. The fourth-order valence-electron chi connectivity index (χ4n) is 14.4. The van der Waals surface area contributed by atoms with E-state index in [-0.39, 0.29) is 153 Å². The van der Waals surface area contributed by atoms with Gasteiger partial charge in [-0.2, -0.15) is 11.8 Å². The van der Waals surface area contributed by atoms with Gasteiger partial charge in [0, 0.05) is 69.1 Å². The summed E-state index contributed by atoms with van der Waals surface area (Å²) in [7, 11) is 1.21. The van der Waals surface area contributed by atoms with Crippen LogP contribution in [0.25, 0.3) is 10.9 Å². The molecule has 5 aromatic rings. The zero-order valence-corrected chi connectivity index (χ0v) is 72.3. The van der Waals surface area contributed by atoms with E-state index in [1.165, 1.54) is 28.7 Å². The van der Waals surface area contributed by atoms with Gasteiger partial charge in [0.05, 0.1) is 13.5 Å². The highest BCUT2D eigenvalue weighted by Crippen LogP contribution is 2.26. The Morgan fingerprint density at radius 2 is 0.944 bits per heavy atom. The number of aromatic nitrogens is 1. The molecule has 2 saturated heterocycles. The predicted octanol–water partition coefficient (Wildman–Crippen LogP) is 2.00. The Hall–Kier alpha value is -12.5. The van der Waals surface area contributed by atoms with E-state index in [0.717, 1.165) is 16.5 Å². The lowest BCUT2D eigenvalue weighted by molar-refractivity contribution is -0.145. The molecular formula is C86H122N20O17S. The number of fused-ring (bicyclic) bond motifs is 1. The number of thioether (sulfide) groups is 1. The first-order valence-corrected chi connectivity index (χ1v) is 43.2. The minimum Gasteiger partial charge on any atom is -0.467 e. The van der Waals surface area contributed by atoms with Gasteiger partial charge in [-0.05, 0) is 150 Å². The molecule has 0 aliphatic carbocycles. The first-order chi connectivity index (χ1) is 59.2. The Balaban J connectivity index is 1.14. The Morgan fingerprint density at radius 1 is 0.500 bits per heavy atom. The lowest BCUT2D eigenvalue weighted by Gasteiger charge is -2.32. The van der Waals surface area contributed by atoms with Gasteiger partial charge in [0.2, 0.25) is 65.0 Å². The van der Waals surface area contributed by atoms with E-state index in [4.69, 9.17) is 42.9 Å². The highest BCUT2D eigenvalue weighted by molar-refractivity contribution is 7.98. The largest absolute Gasteiger partial charge is 0.467 e. The number of nitrogens with one attached hydrogen (secondary N) is 11. The van der Waals surface area contributed by atoms with E-state index in [9.17, 15) is 43.2 Å². The van der Waals surface area contributed by atoms with E-state index in [1.807, 2.05) is 50.4 Å². The molecule has 21 N–H and O–H groups in total. The molecule has 13 amide bonds. The van der Waals surface area contributed by atoms with E-state index < -0.39 is 162 Å². The molecule has 674 valence electrons. The molecule has 0 radical (unpaired) electrons. The molecule has 124 heavy (non-hydrogen) atoms. The Bertz CT molecular complexity index is 4470. The predicted molar refractivity (Wildman–Crippen MR) is 467 cm³/mol. The minimum atomic E-state index is -1.82. The van der Waals surface area contributed by atoms with Crippen LogP contribution in [0.3, 0.4) is 0 Å². The van der Waals surface area contributed by atoms with Crippen molar-refractivity contribution in [1.29, 1.82) is 0 Å². The topological polar surface area (TPSA) is 564 Å². The number of primary amides is 1. The number of hydrogen-bond acceptors (Lipinski definition) is 20. The number of likely N-dealkylation sites (tertiary alicyclic amines) is 2. The molecule has 7 rings (SSSR count). The van der Waals surface area contributed by atoms with E-state index >= 15 is 24.0 Å². The number of aromatic amines is 1. The number of nitrogens with zero attached hydrogens (tertiary/aromatic N) is 4. The van der Waals surface area contributed by atoms with Crippen LogP contribution in [0, 0.1) is 5.92 Å². The summed E-state index contributed by atoms with van der Waals surface area (Å²) in [5, 5.41) is 28.2. The number of carbonyl (C=O) groups excluding carboxylic acids is 14. The average molecular weight is 1740 g/mol. The smallest absolute Gasteiger partial charge is 0.408 e. The number of ether oxygens (including phenoxy) is 3. The van der Waals surface area contributed by atoms with Crippen LogP contribution in [0.15, 0.2) is 131 Å². The zero-order valence-electron chi connectivity index (χ0n) is 71.5. The van der Waals surface area contributed by atoms with Crippen LogP contribution in [0.2, 0.25) is 0 Å². The van der Waals surface area contributed by atoms with Crippen molar-refractivity contribution in [2.75, 3.05) is 51.8 Å². The molecule has 0 bridgehead atoms. The summed E-state index contributed by atoms with van der Waals surface area (Å²) in [5.74, 6) is -10.2. The van der Waals surface area contributed by atoms with E-state index in [2.05, 4.69) is 68.1 Å². The van der Waals surface area contributed by atoms with Crippen LogP contribution in [-0.2, 0) is 97.6 Å². The van der Waals surface area contributed by atoms with E-state index in [0.29, 0.717) is 28.9 Å². The lowest BCUT2D eigenvalue weighted by Crippen LogP contribution is -2.61. The number of methoxy groups -OCH3 is 1. The molecule has 0 unspecified atom stereocenters. The zero-order chi connectivity index (χ0) is 90.4. The third-order valence-electron chi connectivity index (χ3n) is 20.6. The van der Waals surface area contributed by atoms with Gasteiger partial charge in [0.25, 0.3) is 0 Å². The molecule has 4 aromatic carbocycles. The highest BCUT2D eigenvalue weighted by Gasteiger charge is 2.44. The summed E-state index contributed by atoms with van der Waals surface area (Å²) < 4.78 is 15.9. The molecule has 0 spiro atoms. The van der Waals surface area contributed by atoms with Gasteiger partial charge < -0.3 is 111 Å². The van der Waals surface area contributed by atoms with Crippen LogP contribution in [0.1, 0.15) is 147 Å². The van der Waals surface area contributed by atoms with Crippen molar-refractivity contribution in [2.45, 2.75) is 222 Å². The number of rotatable bonds is 48. The van der Waals surface area contributed by atoms with Crippen molar-refractivity contribution >= 4 is 118 Å². The molecule has 0 saturated carbocycles. The van der Waals surface area contributed by atoms with Crippen molar-refractivity contribution in [1.82, 2.24) is 68.0 Å². The summed E-state index contributed by atoms with van der Waals surface area (Å²) in [6.45, 7) is 8.84. The van der Waals surface area contributed by atoms with Crippen LogP contribution in [0.5, 0.6) is 0 Å². The van der Waals surface area contributed by atoms with Crippen molar-refractivity contribution in [3.8, 4) is 0 Å². The molecule has 38 heteroatoms. The summed E-state index contributed by atoms with van der Waals surface area (Å²) in [6, 6.07) is 18.3. The van der Waals surface area contributed by atoms with Crippen LogP contribution < -0.4 is 81.8 Å². The van der Waals surface area contributed by atoms with Crippen LogP contribution in [0.4, 0.5) is 9.59 Å². The minimum absolute atomic E-state index is 0.00352. The van der Waals surface area contributed by atoms with Gasteiger partial charge in [-0.25, -0.2) is 14.4 Å². The summed E-state index contributed by atoms with van der Waals surface area (Å²) in [4.78, 5) is 215. The van der Waals surface area contributed by atoms with Gasteiger partial charge >= 0.3 is 18.2 Å². The number of guanidine groups is 2. The Labute approximate surface area is 726 Å². The van der Waals surface area contributed by atoms with E-state index in [1.54, 1.807) is 112 Å². The maximum Gasteiger partial charge on any atom is 0.408 e. The number of aliphatic imine (C=N–C) groups is 2. The van der Waals surface area contributed by atoms with Crippen molar-refractivity contribution in [3.05, 3.63) is 144 Å². The van der Waals surface area contributed by atoms with Crippen molar-refractivity contribution in [2.24, 2.45) is 44.6 Å². The normalized spacial score (nSPS) is 15.8. The first kappa shape index (κ1) is 98.6. The maximum atomic E-state index is 15.4. The highest BCUT2D eigenvalue weighted by atomic mass is 32.2. The molecular weight excluding hydrogens is 1620 g/mol. The molecule has 37 nitrogen and oxygen atoms in total. The second-order valence-electron chi connectivity index (χ2n) is 32.0. The molecule has 2 aliphatic heterocycles. The van der Waals surface area contributed by atoms with Gasteiger partial charge in [-0.1, -0.05) is 123 Å². The third kappa shape index (κ3) is 33.0. The maximum absolute atomic E-state index is 15.4. The summed E-state index contributed by atoms with van der Waals surface area (Å²) >= 11 is 1.46. The van der Waals surface area contributed by atoms with Crippen molar-refractivity contribution in [3.63, 3.8) is 0 Å². The lowest BCUT2D eigenvalue weighted by atomic mass is 9.99. The fourth-order valence-corrected chi connectivity index (χ4v) is 14.9. The van der Waals surface area contributed by atoms with Crippen LogP contribution >= 0.6 is 11.8 Å². The number of unbranched alkanes of at least 4 members (excludes halogenated alkanes) is 1. The monoisotopic (exact) mass is 1740 g/mol. The fraction of sp³-hybridized carbons (Fsp3) is 0.512. The quantitative estimate of drug-likeness (QED) is 0.00870. The van der Waals surface area contributed by atoms with Crippen LogP contribution in [-0.4, -0.2) is 234 Å². The number of carbonyl (C=O) groups is 14. The SMILES string of the molecule is COC(=O)[C@H](CCSC)NC(=O)[C@H](CC(C)C)NC(=O)[C@@H](Cc1c[nH]c2ccccc12)NC(=O)[C@H](Cc1ccccc1)NC(=O)[C@@H](Cc1ccccc1)NC(=O)[C@H](CCCN=C(N)N)NC(=O)[C@H](CC(N)=O)NC(=O)[C@@H]1CCCN1C(=O)[C@H](CCCCNC(=O)OCc1ccccc1)NC(=O)[C@@H]1CCCN1C(=O)[C@H](CCCN=C(N)N)NC(=O)OC(C)(C)C. The van der Waals surface area contributed by atoms with Gasteiger partial charge in [0.1, 0.15) is 78.7 Å². The second kappa shape index (κ2) is 50.2. The standard InChI is InChI=1S/C86H122N20O17S/c1-52(2)45-63(72(109)98-62(38-44-124-7)81(118)121-6)99-75(112)66(48-56-50-95-58-32-18-17-31-57(56)58)102-74(111)65(47-54-27-13-9-14-28-54)101-73(110)64(46-53-25-11-8-12-26-53)100-71(108)59(34-21-40-92-82(88)89)96-76(113)67(49-70(87)107)103-78(115)69-37-24-42-105(69)79(116)60(33-19-20-39-94-84(119)122-51-55-29-15-10-16-30-55)97-77(114)68-36-23-43-106(68)80(117)61(35-22-41-93-83(90)91)104-85(120)123-86(3,4)5/h8-18,25-32,50,52,59-69,95H,19-24,33-49,51H2,1-7H3,(H2,87,107)(H,94,119)(H,96,113)(H,97,114)(H,98,109)(H,99,112)(H,100,108)(H,101,110)(H,102,111)(H,103,115)(H,104,120)(H4,88,89,92)(H4,90,91,93)/t59-,60-,61-,62-,63-,64+,65-,66+,67-,68-,69-/m0/s1. The molecule has 11 atom stereocenters. The second-order valence-corrected chi connectivity index (χ2v) is 33.0. The number of H-pyrrole nitrogens is 1. The van der Waals surface area contributed by atoms with Gasteiger partial charge in [0.15, 0.2) is 11.9 Å². The third-order valence-corrected chi connectivity index (χ3v) is 21.2. The molecule has 2 aliphatic rings. The number of amides is 13. The number of alkyl carbamates (subject to hydrolysis) is 2. The van der Waals surface area contributed by atoms with Gasteiger partial charge in [-0.15, -0.1) is 0 Å². The van der Waals surface area contributed by atoms with Crippen molar-refractivity contribution < 1.29 is 81.3 Å². The molecule has 2 fully saturated rings. The summed E-state index contributed by atoms with van der Waals surface area (Å²) in [5.41, 5.74) is 30.6. The number of esters is 1. The molecule has 3 heterocycles. The first-order valence-electron chi connectivity index (χ1n) is 41.8. The van der Waals surface area contributed by atoms with Gasteiger partial charge in [-0.3, -0.25) is 62.7 Å².